The fourth-order valence-corrected chi connectivity index (χ4v) is 6.20. The fraction of sp³-hybridized carbons (Fsp3) is 0.405. The summed E-state index contributed by atoms with van der Waals surface area (Å²) in [6.07, 6.45) is 6.43. The van der Waals surface area contributed by atoms with Gasteiger partial charge in [0.25, 0.3) is 5.91 Å². The number of aliphatic carboxylic acids is 2. The van der Waals surface area contributed by atoms with Crippen LogP contribution in [0, 0.1) is 6.92 Å². The van der Waals surface area contributed by atoms with E-state index in [9.17, 15) is 23.7 Å². The van der Waals surface area contributed by atoms with Crippen LogP contribution in [0.4, 0.5) is 4.53 Å². The summed E-state index contributed by atoms with van der Waals surface area (Å²) < 4.78 is 19.4. The van der Waals surface area contributed by atoms with E-state index in [-0.39, 0.29) is 31.4 Å². The molecular weight excluding hydrogens is 619 g/mol. The Hall–Kier alpha value is -4.77. The standard InChI is InChI=1S/C35H37FN2O8.C2H6/c1-21-18-22(34(44)38(16-12-31(40)41)17-13-32(42)43)4-7-26(21)33-27-8-5-24(37(3)23-10-14-35(2,46-36)15-11-23)19-29(27)45-30-20-25(39)6-9-28(30)33;1-2/h4,6-7,9-10,18-20H,5,8,11-17H2,1-3H3,(H,40,41)(H,42,43);1-2H3. The first kappa shape index (κ1) is 36.1. The quantitative estimate of drug-likeness (QED) is 0.221. The number of nitrogens with zero attached hydrogens (tertiary/aromatic N) is 2. The first-order valence-electron chi connectivity index (χ1n) is 16.3. The molecule has 1 aromatic rings. The average Bonchev–Trinajstić information content (AvgIpc) is 3.07. The van der Waals surface area contributed by atoms with E-state index < -0.39 is 23.4 Å². The maximum absolute atomic E-state index is 13.4. The van der Waals surface area contributed by atoms with E-state index in [2.05, 4.69) is 9.84 Å². The van der Waals surface area contributed by atoms with E-state index >= 15 is 0 Å². The molecule has 0 aromatic heterocycles. The van der Waals surface area contributed by atoms with Gasteiger partial charge in [-0.1, -0.05) is 26.0 Å². The number of carbonyl (C=O) groups is 3. The van der Waals surface area contributed by atoms with Gasteiger partial charge in [-0.15, -0.1) is 0 Å². The second kappa shape index (κ2) is 15.4. The lowest BCUT2D eigenvalue weighted by Gasteiger charge is -2.34. The van der Waals surface area contributed by atoms with Crippen LogP contribution in [0.2, 0.25) is 0 Å². The van der Waals surface area contributed by atoms with E-state index in [4.69, 9.17) is 14.6 Å². The first-order valence-corrected chi connectivity index (χ1v) is 16.3. The molecule has 1 aromatic carbocycles. The van der Waals surface area contributed by atoms with Gasteiger partial charge in [0, 0.05) is 60.4 Å². The van der Waals surface area contributed by atoms with Crippen molar-refractivity contribution in [1.29, 1.82) is 0 Å². The minimum atomic E-state index is -1.08. The summed E-state index contributed by atoms with van der Waals surface area (Å²) in [6.45, 7) is 7.41. The smallest absolute Gasteiger partial charge is 0.305 e. The summed E-state index contributed by atoms with van der Waals surface area (Å²) in [5.41, 5.74) is 5.65. The van der Waals surface area contributed by atoms with Gasteiger partial charge in [-0.3, -0.25) is 19.2 Å². The molecule has 48 heavy (non-hydrogen) atoms. The fourth-order valence-electron chi connectivity index (χ4n) is 6.20. The van der Waals surface area contributed by atoms with E-state index in [1.807, 2.05) is 46.0 Å². The lowest BCUT2D eigenvalue weighted by Crippen LogP contribution is -2.35. The molecule has 1 amide bonds. The van der Waals surface area contributed by atoms with Crippen LogP contribution in [0.3, 0.4) is 0 Å². The van der Waals surface area contributed by atoms with Crippen LogP contribution in [0.5, 0.6) is 0 Å². The molecule has 5 rings (SSSR count). The van der Waals surface area contributed by atoms with Crippen molar-refractivity contribution in [3.8, 4) is 22.5 Å². The topological polar surface area (TPSA) is 138 Å². The summed E-state index contributed by atoms with van der Waals surface area (Å²) in [6, 6.07) is 9.91. The highest BCUT2D eigenvalue weighted by atomic mass is 19.3. The Kier molecular flexibility index (Phi) is 11.6. The molecule has 1 heterocycles. The highest BCUT2D eigenvalue weighted by Gasteiger charge is 2.32. The van der Waals surface area contributed by atoms with Gasteiger partial charge >= 0.3 is 11.9 Å². The zero-order chi connectivity index (χ0) is 35.2. The number of benzene rings is 2. The molecule has 11 heteroatoms. The van der Waals surface area contributed by atoms with Crippen molar-refractivity contribution in [1.82, 2.24) is 9.80 Å². The van der Waals surface area contributed by atoms with Crippen LogP contribution in [0.15, 0.2) is 63.1 Å². The van der Waals surface area contributed by atoms with Gasteiger partial charge in [0.15, 0.2) is 5.43 Å². The molecule has 0 saturated heterocycles. The van der Waals surface area contributed by atoms with E-state index in [0.717, 1.165) is 39.2 Å². The molecule has 2 N–H and O–H groups in total. The van der Waals surface area contributed by atoms with E-state index in [0.29, 0.717) is 49.2 Å². The van der Waals surface area contributed by atoms with Crippen LogP contribution in [-0.4, -0.2) is 63.6 Å². The third kappa shape index (κ3) is 8.02. The predicted molar refractivity (Wildman–Crippen MR) is 180 cm³/mol. The molecule has 1 unspecified atom stereocenters. The molecule has 256 valence electrons. The van der Waals surface area contributed by atoms with Crippen LogP contribution < -0.4 is 5.43 Å². The number of carboxylic acid groups (broad SMARTS) is 2. The number of carboxylic acids is 2. The summed E-state index contributed by atoms with van der Waals surface area (Å²) in [7, 11) is 1.98. The van der Waals surface area contributed by atoms with Crippen molar-refractivity contribution in [3.05, 3.63) is 86.5 Å². The molecular formula is C37H43FN2O8. The minimum absolute atomic E-state index is 0.110. The molecule has 0 bridgehead atoms. The zero-order valence-corrected chi connectivity index (χ0v) is 28.1. The highest BCUT2D eigenvalue weighted by molar-refractivity contribution is 5.96. The van der Waals surface area contributed by atoms with Crippen molar-refractivity contribution >= 4 is 23.9 Å². The average molecular weight is 663 g/mol. The Morgan fingerprint density at radius 3 is 2.21 bits per heavy atom. The van der Waals surface area contributed by atoms with Gasteiger partial charge in [0.2, 0.25) is 0 Å². The van der Waals surface area contributed by atoms with Gasteiger partial charge in [-0.2, -0.15) is 4.94 Å². The molecule has 3 aliphatic carbocycles. The lowest BCUT2D eigenvalue weighted by atomic mass is 9.85. The second-order valence-electron chi connectivity index (χ2n) is 12.2. The number of rotatable bonds is 11. The first-order chi connectivity index (χ1) is 22.9. The molecule has 0 spiro atoms. The largest absolute Gasteiger partial charge is 0.481 e. The maximum atomic E-state index is 13.4. The number of hydrogen-bond donors (Lipinski definition) is 2. The summed E-state index contributed by atoms with van der Waals surface area (Å²) in [5.74, 6) is -1.56. The maximum Gasteiger partial charge on any atom is 0.305 e. The van der Waals surface area contributed by atoms with Crippen molar-refractivity contribution in [2.75, 3.05) is 20.1 Å². The van der Waals surface area contributed by atoms with Crippen molar-refractivity contribution < 1.29 is 38.5 Å². The Balaban J connectivity index is 0.00000255. The normalized spacial score (nSPS) is 17.0. The molecule has 4 aliphatic rings. The second-order valence-corrected chi connectivity index (χ2v) is 12.2. The SMILES string of the molecule is CC.Cc1cc(C(=O)N(CCC(=O)O)CCC(=O)O)ccc1-c1c2ccc(=O)cc-2oc2c1CCC(N(C)C1=CCC(C)(OF)CC1)=C2. The van der Waals surface area contributed by atoms with E-state index in [1.165, 1.54) is 17.0 Å². The number of hydrogen-bond acceptors (Lipinski definition) is 7. The van der Waals surface area contributed by atoms with Crippen molar-refractivity contribution in [3.63, 3.8) is 0 Å². The Morgan fingerprint density at radius 2 is 1.62 bits per heavy atom. The van der Waals surface area contributed by atoms with Crippen LogP contribution in [0.25, 0.3) is 28.5 Å². The zero-order valence-electron chi connectivity index (χ0n) is 28.1. The van der Waals surface area contributed by atoms with Crippen LogP contribution >= 0.6 is 0 Å². The Bertz CT molecular complexity index is 1760. The molecule has 1 aliphatic heterocycles. The third-order valence-corrected chi connectivity index (χ3v) is 8.92. The van der Waals surface area contributed by atoms with Gasteiger partial charge in [0.1, 0.15) is 17.1 Å². The summed E-state index contributed by atoms with van der Waals surface area (Å²) in [4.78, 5) is 55.6. The highest BCUT2D eigenvalue weighted by Crippen LogP contribution is 2.44. The van der Waals surface area contributed by atoms with Crippen LogP contribution in [0.1, 0.15) is 86.5 Å². The number of fused-ring (bicyclic) bond motifs is 2. The van der Waals surface area contributed by atoms with Gasteiger partial charge in [0.05, 0.1) is 12.8 Å². The van der Waals surface area contributed by atoms with Crippen molar-refractivity contribution in [2.45, 2.75) is 78.2 Å². The lowest BCUT2D eigenvalue weighted by molar-refractivity contribution is -0.232. The number of halogens is 1. The molecule has 1 atom stereocenters. The molecule has 10 nitrogen and oxygen atoms in total. The number of allylic oxidation sites excluding steroid dienone is 2. The third-order valence-electron chi connectivity index (χ3n) is 8.92. The molecule has 0 radical (unpaired) electrons. The summed E-state index contributed by atoms with van der Waals surface area (Å²) >= 11 is 0. The Morgan fingerprint density at radius 1 is 0.958 bits per heavy atom. The van der Waals surface area contributed by atoms with Crippen LogP contribution in [-0.2, 0) is 21.0 Å². The number of amides is 1. The summed E-state index contributed by atoms with van der Waals surface area (Å²) in [5, 5.41) is 18.3. The molecule has 0 fully saturated rings. The monoisotopic (exact) mass is 662 g/mol. The van der Waals surface area contributed by atoms with E-state index in [1.54, 1.807) is 25.1 Å². The number of carbonyl (C=O) groups excluding carboxylic acids is 1. The van der Waals surface area contributed by atoms with Gasteiger partial charge < -0.3 is 24.4 Å². The predicted octanol–water partition coefficient (Wildman–Crippen LogP) is 7.08. The molecule has 0 saturated carbocycles. The Labute approximate surface area is 279 Å². The van der Waals surface area contributed by atoms with Gasteiger partial charge in [-0.05, 0) is 91.4 Å². The number of aryl methyl sites for hydroxylation is 1. The minimum Gasteiger partial charge on any atom is -0.481 e. The van der Waals surface area contributed by atoms with Gasteiger partial charge in [-0.25, -0.2) is 0 Å². The van der Waals surface area contributed by atoms with Crippen molar-refractivity contribution in [2.24, 2.45) is 0 Å².